The molecule has 1 atom stereocenters. The van der Waals surface area contributed by atoms with Gasteiger partial charge >= 0.3 is 0 Å². The zero-order chi connectivity index (χ0) is 15.1. The Morgan fingerprint density at radius 1 is 1.09 bits per heavy atom. The predicted octanol–water partition coefficient (Wildman–Crippen LogP) is 3.83. The average molecular weight is 288 g/mol. The first kappa shape index (κ1) is 13.0. The summed E-state index contributed by atoms with van der Waals surface area (Å²) >= 11 is 0. The Morgan fingerprint density at radius 2 is 1.82 bits per heavy atom. The van der Waals surface area contributed by atoms with E-state index in [0.29, 0.717) is 5.69 Å². The summed E-state index contributed by atoms with van der Waals surface area (Å²) in [5, 5.41) is 2.09. The topological polar surface area (TPSA) is 33.2 Å². The lowest BCUT2D eigenvalue weighted by molar-refractivity contribution is 0.0977. The van der Waals surface area contributed by atoms with Gasteiger partial charge in [-0.2, -0.15) is 0 Å². The van der Waals surface area contributed by atoms with Gasteiger partial charge in [-0.1, -0.05) is 42.5 Å². The third-order valence-corrected chi connectivity index (χ3v) is 4.28. The van der Waals surface area contributed by atoms with Gasteiger partial charge in [-0.15, -0.1) is 0 Å². The molecular weight excluding hydrogens is 272 g/mol. The number of anilines is 1. The van der Waals surface area contributed by atoms with Gasteiger partial charge in [0.1, 0.15) is 5.69 Å². The summed E-state index contributed by atoms with van der Waals surface area (Å²) in [6, 6.07) is 18.1. The second-order valence-corrected chi connectivity index (χ2v) is 5.77. The smallest absolute Gasteiger partial charge is 0.277 e. The van der Waals surface area contributed by atoms with Crippen LogP contribution in [-0.4, -0.2) is 16.9 Å². The van der Waals surface area contributed by atoms with E-state index in [0.717, 1.165) is 22.9 Å². The van der Waals surface area contributed by atoms with Crippen LogP contribution in [0.2, 0.25) is 0 Å². The maximum absolute atomic E-state index is 12.9. The molecule has 0 spiro atoms. The molecule has 3 nitrogen and oxygen atoms in total. The van der Waals surface area contributed by atoms with Crippen LogP contribution < -0.4 is 4.90 Å². The van der Waals surface area contributed by atoms with Crippen LogP contribution in [0.4, 0.5) is 5.69 Å². The van der Waals surface area contributed by atoms with E-state index in [4.69, 9.17) is 0 Å². The summed E-state index contributed by atoms with van der Waals surface area (Å²) in [6.07, 6.45) is 2.67. The Hall–Kier alpha value is -2.68. The number of aromatic nitrogens is 1. The fraction of sp³-hybridized carbons (Fsp3) is 0.158. The van der Waals surface area contributed by atoms with Crippen molar-refractivity contribution in [1.29, 1.82) is 0 Å². The van der Waals surface area contributed by atoms with Crippen LogP contribution in [-0.2, 0) is 6.42 Å². The zero-order valence-corrected chi connectivity index (χ0v) is 12.4. The van der Waals surface area contributed by atoms with Crippen LogP contribution in [0.3, 0.4) is 0 Å². The molecule has 4 rings (SSSR count). The van der Waals surface area contributed by atoms with Crippen molar-refractivity contribution in [2.45, 2.75) is 19.4 Å². The molecule has 1 aliphatic rings. The highest BCUT2D eigenvalue weighted by Crippen LogP contribution is 2.33. The van der Waals surface area contributed by atoms with Crippen molar-refractivity contribution in [3.63, 3.8) is 0 Å². The van der Waals surface area contributed by atoms with Crippen molar-refractivity contribution in [3.8, 4) is 0 Å². The molecule has 2 heterocycles. The number of nitrogens with zero attached hydrogens (tertiary/aromatic N) is 2. The van der Waals surface area contributed by atoms with E-state index in [2.05, 4.69) is 18.0 Å². The van der Waals surface area contributed by atoms with Crippen molar-refractivity contribution in [3.05, 3.63) is 72.1 Å². The van der Waals surface area contributed by atoms with Crippen LogP contribution in [0.1, 0.15) is 23.0 Å². The fourth-order valence-corrected chi connectivity index (χ4v) is 3.20. The maximum Gasteiger partial charge on any atom is 0.277 e. The molecule has 1 aromatic heterocycles. The van der Waals surface area contributed by atoms with Crippen LogP contribution in [0, 0.1) is 0 Å². The van der Waals surface area contributed by atoms with Crippen molar-refractivity contribution in [2.24, 2.45) is 0 Å². The monoisotopic (exact) mass is 288 g/mol. The summed E-state index contributed by atoms with van der Waals surface area (Å²) in [4.78, 5) is 19.2. The molecule has 0 bridgehead atoms. The molecule has 2 aromatic carbocycles. The lowest BCUT2D eigenvalue weighted by Gasteiger charge is -2.22. The number of pyridine rings is 1. The molecule has 1 unspecified atom stereocenters. The minimum absolute atomic E-state index is 0.0248. The minimum Gasteiger partial charge on any atom is -0.304 e. The fourth-order valence-electron chi connectivity index (χ4n) is 3.20. The van der Waals surface area contributed by atoms with E-state index in [1.807, 2.05) is 53.4 Å². The molecule has 0 aliphatic carbocycles. The highest BCUT2D eigenvalue weighted by atomic mass is 16.2. The Kier molecular flexibility index (Phi) is 2.93. The quantitative estimate of drug-likeness (QED) is 0.682. The third kappa shape index (κ3) is 1.98. The highest BCUT2D eigenvalue weighted by molar-refractivity contribution is 6.08. The van der Waals surface area contributed by atoms with Crippen LogP contribution in [0.15, 0.2) is 60.8 Å². The molecule has 1 amide bonds. The van der Waals surface area contributed by atoms with Gasteiger partial charge in [0, 0.05) is 23.3 Å². The Bertz CT molecular complexity index is 872. The van der Waals surface area contributed by atoms with E-state index < -0.39 is 0 Å². The highest BCUT2D eigenvalue weighted by Gasteiger charge is 2.31. The summed E-state index contributed by atoms with van der Waals surface area (Å²) in [7, 11) is 0. The number of amides is 1. The Morgan fingerprint density at radius 3 is 2.68 bits per heavy atom. The minimum atomic E-state index is -0.0248. The number of hydrogen-bond donors (Lipinski definition) is 0. The zero-order valence-electron chi connectivity index (χ0n) is 12.4. The Labute approximate surface area is 129 Å². The summed E-state index contributed by atoms with van der Waals surface area (Å²) in [5.74, 6) is -0.0248. The van der Waals surface area contributed by atoms with E-state index in [-0.39, 0.29) is 11.9 Å². The lowest BCUT2D eigenvalue weighted by atomic mass is 10.1. The van der Waals surface area contributed by atoms with Crippen molar-refractivity contribution >= 4 is 22.4 Å². The number of para-hydroxylation sites is 1. The van der Waals surface area contributed by atoms with Gasteiger partial charge in [0.25, 0.3) is 5.91 Å². The molecule has 0 radical (unpaired) electrons. The lowest BCUT2D eigenvalue weighted by Crippen LogP contribution is -2.36. The average Bonchev–Trinajstić information content (AvgIpc) is 2.89. The maximum atomic E-state index is 12.9. The molecule has 0 fully saturated rings. The molecule has 1 aliphatic heterocycles. The largest absolute Gasteiger partial charge is 0.304 e. The molecule has 108 valence electrons. The van der Waals surface area contributed by atoms with Gasteiger partial charge in [-0.05, 0) is 36.4 Å². The van der Waals surface area contributed by atoms with Crippen LogP contribution >= 0.6 is 0 Å². The van der Waals surface area contributed by atoms with Gasteiger partial charge in [0.05, 0.1) is 0 Å². The second kappa shape index (κ2) is 4.95. The second-order valence-electron chi connectivity index (χ2n) is 5.77. The summed E-state index contributed by atoms with van der Waals surface area (Å²) in [5.41, 5.74) is 2.74. The van der Waals surface area contributed by atoms with Gasteiger partial charge < -0.3 is 4.90 Å². The number of carbonyl (C=O) groups is 1. The SMILES string of the molecule is CC1Cc2ccccc2N1C(=O)c1cc2ccccc2cn1. The summed E-state index contributed by atoms with van der Waals surface area (Å²) < 4.78 is 0. The molecular formula is C19H16N2O. The number of rotatable bonds is 1. The first-order valence-corrected chi connectivity index (χ1v) is 7.50. The molecule has 3 aromatic rings. The number of hydrogen-bond acceptors (Lipinski definition) is 2. The molecule has 3 heteroatoms. The first-order valence-electron chi connectivity index (χ1n) is 7.50. The van der Waals surface area contributed by atoms with Crippen molar-refractivity contribution < 1.29 is 4.79 Å². The normalized spacial score (nSPS) is 16.8. The third-order valence-electron chi connectivity index (χ3n) is 4.28. The van der Waals surface area contributed by atoms with Gasteiger partial charge in [0.2, 0.25) is 0 Å². The molecule has 0 saturated carbocycles. The molecule has 22 heavy (non-hydrogen) atoms. The van der Waals surface area contributed by atoms with Gasteiger partial charge in [-0.25, -0.2) is 0 Å². The van der Waals surface area contributed by atoms with Crippen molar-refractivity contribution in [2.75, 3.05) is 4.90 Å². The van der Waals surface area contributed by atoms with E-state index in [1.54, 1.807) is 6.20 Å². The first-order chi connectivity index (χ1) is 10.7. The van der Waals surface area contributed by atoms with E-state index in [9.17, 15) is 4.79 Å². The molecule has 0 saturated heterocycles. The molecule has 0 N–H and O–H groups in total. The van der Waals surface area contributed by atoms with Crippen molar-refractivity contribution in [1.82, 2.24) is 4.98 Å². The number of benzene rings is 2. The Balaban J connectivity index is 1.77. The van der Waals surface area contributed by atoms with Gasteiger partial charge in [0.15, 0.2) is 0 Å². The van der Waals surface area contributed by atoms with Crippen LogP contribution in [0.5, 0.6) is 0 Å². The van der Waals surface area contributed by atoms with E-state index in [1.165, 1.54) is 5.56 Å². The number of fused-ring (bicyclic) bond motifs is 2. The van der Waals surface area contributed by atoms with Crippen LogP contribution in [0.25, 0.3) is 10.8 Å². The van der Waals surface area contributed by atoms with E-state index >= 15 is 0 Å². The summed E-state index contributed by atoms with van der Waals surface area (Å²) in [6.45, 7) is 2.08. The predicted molar refractivity (Wildman–Crippen MR) is 88.2 cm³/mol. The number of carbonyl (C=O) groups excluding carboxylic acids is 1. The van der Waals surface area contributed by atoms with Gasteiger partial charge in [-0.3, -0.25) is 9.78 Å². The standard InChI is InChI=1S/C19H16N2O/c1-13-10-15-7-4-5-9-18(15)21(13)19(22)17-11-14-6-2-3-8-16(14)12-20-17/h2-9,11-13H,10H2,1H3.